The van der Waals surface area contributed by atoms with Crippen LogP contribution in [0.1, 0.15) is 19.4 Å². The third-order valence-corrected chi connectivity index (χ3v) is 4.03. The summed E-state index contributed by atoms with van der Waals surface area (Å²) in [7, 11) is 0. The molecule has 0 heterocycles. The fraction of sp³-hybridized carbons (Fsp3) is 0.200. The van der Waals surface area contributed by atoms with Crippen molar-refractivity contribution in [2.24, 2.45) is 0 Å². The first kappa shape index (κ1) is 12.8. The molecule has 2 aromatic rings. The molecule has 3 heteroatoms. The van der Waals surface area contributed by atoms with Crippen LogP contribution < -0.4 is 0 Å². The van der Waals surface area contributed by atoms with E-state index in [2.05, 4.69) is 13.8 Å². The molecular weight excluding hydrogens is 244 g/mol. The van der Waals surface area contributed by atoms with Gasteiger partial charge in [0.1, 0.15) is 11.5 Å². The van der Waals surface area contributed by atoms with Gasteiger partial charge in [-0.15, -0.1) is 11.8 Å². The quantitative estimate of drug-likeness (QED) is 0.815. The third-order valence-electron chi connectivity index (χ3n) is 2.77. The molecular formula is C15H16O2S. The van der Waals surface area contributed by atoms with Crippen molar-refractivity contribution >= 4 is 11.8 Å². The highest BCUT2D eigenvalue weighted by Gasteiger charge is 2.21. The average Bonchev–Trinajstić information content (AvgIpc) is 2.32. The molecule has 0 atom stereocenters. The minimum Gasteiger partial charge on any atom is -0.508 e. The van der Waals surface area contributed by atoms with Crippen LogP contribution in [0.3, 0.4) is 0 Å². The fourth-order valence-electron chi connectivity index (χ4n) is 1.73. The second-order valence-corrected chi connectivity index (χ2v) is 6.35. The minimum absolute atomic E-state index is 0.0926. The largest absolute Gasteiger partial charge is 0.508 e. The summed E-state index contributed by atoms with van der Waals surface area (Å²) in [6.45, 7) is 4.27. The van der Waals surface area contributed by atoms with Crippen molar-refractivity contribution in [2.75, 3.05) is 0 Å². The number of benzene rings is 2. The Hall–Kier alpha value is -1.61. The van der Waals surface area contributed by atoms with Gasteiger partial charge in [0.25, 0.3) is 0 Å². The van der Waals surface area contributed by atoms with Gasteiger partial charge in [-0.25, -0.2) is 0 Å². The number of hydrogen-bond donors (Lipinski definition) is 2. The van der Waals surface area contributed by atoms with E-state index in [9.17, 15) is 10.2 Å². The summed E-state index contributed by atoms with van der Waals surface area (Å²) < 4.78 is -0.0926. The summed E-state index contributed by atoms with van der Waals surface area (Å²) in [4.78, 5) is 1.10. The zero-order chi connectivity index (χ0) is 13.2. The zero-order valence-electron chi connectivity index (χ0n) is 10.4. The maximum atomic E-state index is 9.31. The lowest BCUT2D eigenvalue weighted by Crippen LogP contribution is -2.11. The number of phenols is 2. The normalized spacial score (nSPS) is 11.4. The van der Waals surface area contributed by atoms with Gasteiger partial charge in [-0.1, -0.05) is 12.1 Å². The predicted octanol–water partition coefficient (Wildman–Crippen LogP) is 4.13. The molecule has 0 amide bonds. The molecule has 0 aliphatic heterocycles. The molecule has 0 saturated heterocycles. The lowest BCUT2D eigenvalue weighted by Gasteiger charge is -2.24. The SMILES string of the molecule is CC(C)(Sc1ccc(O)cc1)c1ccc(O)cc1. The molecule has 2 rings (SSSR count). The Balaban J connectivity index is 2.20. The summed E-state index contributed by atoms with van der Waals surface area (Å²) in [5.41, 5.74) is 1.15. The topological polar surface area (TPSA) is 40.5 Å². The van der Waals surface area contributed by atoms with Gasteiger partial charge < -0.3 is 10.2 Å². The highest BCUT2D eigenvalue weighted by molar-refractivity contribution is 8.00. The van der Waals surface area contributed by atoms with E-state index in [4.69, 9.17) is 0 Å². The summed E-state index contributed by atoms with van der Waals surface area (Å²) in [6, 6.07) is 14.5. The Labute approximate surface area is 111 Å². The Morgan fingerprint density at radius 1 is 0.778 bits per heavy atom. The molecule has 0 aliphatic rings. The predicted molar refractivity (Wildman–Crippen MR) is 75.1 cm³/mol. The first-order chi connectivity index (χ1) is 8.47. The molecule has 0 fully saturated rings. The molecule has 18 heavy (non-hydrogen) atoms. The Morgan fingerprint density at radius 3 is 1.72 bits per heavy atom. The molecule has 0 aromatic heterocycles. The lowest BCUT2D eigenvalue weighted by molar-refractivity contribution is 0.474. The van der Waals surface area contributed by atoms with E-state index in [-0.39, 0.29) is 16.2 Å². The van der Waals surface area contributed by atoms with Crippen LogP contribution in [0.4, 0.5) is 0 Å². The van der Waals surface area contributed by atoms with Gasteiger partial charge >= 0.3 is 0 Å². The summed E-state index contributed by atoms with van der Waals surface area (Å²) in [5.74, 6) is 0.561. The van der Waals surface area contributed by atoms with E-state index in [1.807, 2.05) is 24.3 Å². The van der Waals surface area contributed by atoms with Gasteiger partial charge in [-0.05, 0) is 55.8 Å². The molecule has 0 radical (unpaired) electrons. The number of rotatable bonds is 3. The third kappa shape index (κ3) is 2.99. The molecule has 0 saturated carbocycles. The maximum Gasteiger partial charge on any atom is 0.115 e. The Morgan fingerprint density at radius 2 is 1.22 bits per heavy atom. The Kier molecular flexibility index (Phi) is 3.53. The van der Waals surface area contributed by atoms with Crippen LogP contribution in [-0.4, -0.2) is 10.2 Å². The molecule has 0 spiro atoms. The zero-order valence-corrected chi connectivity index (χ0v) is 11.2. The van der Waals surface area contributed by atoms with Crippen LogP contribution in [0, 0.1) is 0 Å². The summed E-state index contributed by atoms with van der Waals surface area (Å²) >= 11 is 1.72. The van der Waals surface area contributed by atoms with Gasteiger partial charge in [0, 0.05) is 9.64 Å². The second-order valence-electron chi connectivity index (χ2n) is 4.65. The molecule has 2 aromatic carbocycles. The molecule has 0 aliphatic carbocycles. The summed E-state index contributed by atoms with van der Waals surface area (Å²) in [5, 5.41) is 18.6. The smallest absolute Gasteiger partial charge is 0.115 e. The van der Waals surface area contributed by atoms with Crippen molar-refractivity contribution in [3.05, 3.63) is 54.1 Å². The highest BCUT2D eigenvalue weighted by atomic mass is 32.2. The van der Waals surface area contributed by atoms with Gasteiger partial charge in [0.05, 0.1) is 0 Å². The van der Waals surface area contributed by atoms with Crippen LogP contribution in [0.5, 0.6) is 11.5 Å². The van der Waals surface area contributed by atoms with Crippen molar-refractivity contribution in [1.82, 2.24) is 0 Å². The van der Waals surface area contributed by atoms with Crippen molar-refractivity contribution in [3.63, 3.8) is 0 Å². The van der Waals surface area contributed by atoms with Crippen molar-refractivity contribution in [3.8, 4) is 11.5 Å². The van der Waals surface area contributed by atoms with Crippen LogP contribution in [0.25, 0.3) is 0 Å². The fourth-order valence-corrected chi connectivity index (χ4v) is 2.85. The molecule has 2 nitrogen and oxygen atoms in total. The van der Waals surface area contributed by atoms with Crippen molar-refractivity contribution in [2.45, 2.75) is 23.5 Å². The highest BCUT2D eigenvalue weighted by Crippen LogP contribution is 2.41. The van der Waals surface area contributed by atoms with Gasteiger partial charge in [-0.2, -0.15) is 0 Å². The standard InChI is InChI=1S/C15H16O2S/c1-15(2,11-3-5-12(16)6-4-11)18-14-9-7-13(17)8-10-14/h3-10,16-17H,1-2H3. The second kappa shape index (κ2) is 4.94. The van der Waals surface area contributed by atoms with E-state index in [1.165, 1.54) is 0 Å². The van der Waals surface area contributed by atoms with E-state index < -0.39 is 0 Å². The molecule has 0 unspecified atom stereocenters. The van der Waals surface area contributed by atoms with Crippen LogP contribution in [-0.2, 0) is 4.75 Å². The summed E-state index contributed by atoms with van der Waals surface area (Å²) in [6.07, 6.45) is 0. The molecule has 0 bridgehead atoms. The first-order valence-corrected chi connectivity index (χ1v) is 6.56. The molecule has 94 valence electrons. The Bertz CT molecular complexity index is 515. The van der Waals surface area contributed by atoms with Crippen LogP contribution >= 0.6 is 11.8 Å². The number of thioether (sulfide) groups is 1. The van der Waals surface area contributed by atoms with Gasteiger partial charge in [0.15, 0.2) is 0 Å². The maximum absolute atomic E-state index is 9.31. The van der Waals surface area contributed by atoms with Gasteiger partial charge in [0.2, 0.25) is 0 Å². The van der Waals surface area contributed by atoms with E-state index in [1.54, 1.807) is 36.0 Å². The first-order valence-electron chi connectivity index (χ1n) is 5.75. The monoisotopic (exact) mass is 260 g/mol. The van der Waals surface area contributed by atoms with Crippen LogP contribution in [0.2, 0.25) is 0 Å². The van der Waals surface area contributed by atoms with Crippen molar-refractivity contribution < 1.29 is 10.2 Å². The number of phenolic OH excluding ortho intramolecular Hbond substituents is 2. The van der Waals surface area contributed by atoms with Crippen LogP contribution in [0.15, 0.2) is 53.4 Å². The number of aromatic hydroxyl groups is 2. The lowest BCUT2D eigenvalue weighted by atomic mass is 10.0. The van der Waals surface area contributed by atoms with E-state index in [0.29, 0.717) is 0 Å². The number of hydrogen-bond acceptors (Lipinski definition) is 3. The van der Waals surface area contributed by atoms with E-state index in [0.717, 1.165) is 10.5 Å². The average molecular weight is 260 g/mol. The van der Waals surface area contributed by atoms with Gasteiger partial charge in [-0.3, -0.25) is 0 Å². The molecule has 2 N–H and O–H groups in total. The van der Waals surface area contributed by atoms with Crippen molar-refractivity contribution in [1.29, 1.82) is 0 Å². The van der Waals surface area contributed by atoms with E-state index >= 15 is 0 Å². The minimum atomic E-state index is -0.0926.